The Balaban J connectivity index is 1.50. The summed E-state index contributed by atoms with van der Waals surface area (Å²) in [5.74, 6) is 0.449. The van der Waals surface area contributed by atoms with Gasteiger partial charge in [-0.3, -0.25) is 10.2 Å². The zero-order chi connectivity index (χ0) is 22.5. The number of fused-ring (bicyclic) bond motifs is 1. The molecule has 0 fully saturated rings. The fourth-order valence-corrected chi connectivity index (χ4v) is 3.94. The first-order valence-corrected chi connectivity index (χ1v) is 11.5. The molecule has 1 amide bonds. The van der Waals surface area contributed by atoms with Crippen molar-refractivity contribution in [3.8, 4) is 5.88 Å². The second kappa shape index (κ2) is 9.74. The van der Waals surface area contributed by atoms with Gasteiger partial charge in [-0.2, -0.15) is 0 Å². The minimum atomic E-state index is -0.266. The van der Waals surface area contributed by atoms with Gasteiger partial charge in [-0.15, -0.1) is 11.8 Å². The molecule has 2 heterocycles. The molecule has 4 rings (SSSR count). The van der Waals surface area contributed by atoms with Crippen LogP contribution in [-0.2, 0) is 6.54 Å². The molecule has 1 aliphatic heterocycles. The molecule has 2 aromatic carbocycles. The van der Waals surface area contributed by atoms with Crippen molar-refractivity contribution in [1.82, 2.24) is 10.3 Å². The zero-order valence-corrected chi connectivity index (χ0v) is 18.8. The Morgan fingerprint density at radius 1 is 1.16 bits per heavy atom. The number of carbonyl (C=O) groups excluding carboxylic acids is 1. The molecule has 3 N–H and O–H groups in total. The average Bonchev–Trinajstić information content (AvgIpc) is 2.86. The quantitative estimate of drug-likeness (QED) is 0.301. The Hall–Kier alpha value is -3.52. The highest BCUT2D eigenvalue weighted by Crippen LogP contribution is 2.32. The van der Waals surface area contributed by atoms with Crippen molar-refractivity contribution in [1.29, 1.82) is 5.41 Å². The van der Waals surface area contributed by atoms with Crippen LogP contribution < -0.4 is 20.3 Å². The zero-order valence-electron chi connectivity index (χ0n) is 18.0. The molecule has 0 spiro atoms. The van der Waals surface area contributed by atoms with Crippen molar-refractivity contribution in [2.75, 3.05) is 36.7 Å². The van der Waals surface area contributed by atoms with Gasteiger partial charge in [-0.25, -0.2) is 4.98 Å². The Labute approximate surface area is 191 Å². The van der Waals surface area contributed by atoms with Crippen molar-refractivity contribution < 1.29 is 9.53 Å². The number of amides is 1. The lowest BCUT2D eigenvalue weighted by atomic mass is 10.1. The van der Waals surface area contributed by atoms with Crippen LogP contribution in [0.2, 0.25) is 0 Å². The standard InChI is InChI=1S/C24H25N5O2S/c1-26-19-6-4-3-5-18(19)22(25)29-13-14-31-24-21(29)12-11-20(28-24)23(30)27-15-16-7-9-17(32-2)10-8-16/h3-12,25-26H,13-15H2,1-2H3,(H,27,30). The predicted molar refractivity (Wildman–Crippen MR) is 129 cm³/mol. The van der Waals surface area contributed by atoms with Crippen LogP contribution in [0.5, 0.6) is 5.88 Å². The summed E-state index contributed by atoms with van der Waals surface area (Å²) in [6.07, 6.45) is 2.03. The third kappa shape index (κ3) is 4.55. The van der Waals surface area contributed by atoms with E-state index in [1.165, 1.54) is 4.90 Å². The number of aromatic nitrogens is 1. The normalized spacial score (nSPS) is 12.5. The lowest BCUT2D eigenvalue weighted by Crippen LogP contribution is -2.39. The van der Waals surface area contributed by atoms with Crippen LogP contribution in [0.25, 0.3) is 0 Å². The minimum Gasteiger partial charge on any atom is -0.474 e. The van der Waals surface area contributed by atoms with Gasteiger partial charge in [0, 0.05) is 29.7 Å². The van der Waals surface area contributed by atoms with E-state index in [1.54, 1.807) is 23.9 Å². The van der Waals surface area contributed by atoms with E-state index in [2.05, 4.69) is 15.6 Å². The lowest BCUT2D eigenvalue weighted by molar-refractivity contribution is 0.0944. The van der Waals surface area contributed by atoms with Gasteiger partial charge >= 0.3 is 0 Å². The number of amidine groups is 1. The van der Waals surface area contributed by atoms with E-state index in [4.69, 9.17) is 10.1 Å². The summed E-state index contributed by atoms with van der Waals surface area (Å²) in [6.45, 7) is 1.34. The summed E-state index contributed by atoms with van der Waals surface area (Å²) >= 11 is 1.68. The molecule has 0 atom stereocenters. The van der Waals surface area contributed by atoms with Gasteiger partial charge in [0.2, 0.25) is 5.88 Å². The van der Waals surface area contributed by atoms with E-state index in [0.29, 0.717) is 37.1 Å². The van der Waals surface area contributed by atoms with Crippen molar-refractivity contribution >= 4 is 34.9 Å². The largest absolute Gasteiger partial charge is 0.474 e. The number of hydrogen-bond donors (Lipinski definition) is 3. The molecule has 1 aromatic heterocycles. The van der Waals surface area contributed by atoms with Crippen molar-refractivity contribution in [3.63, 3.8) is 0 Å². The van der Waals surface area contributed by atoms with Gasteiger partial charge in [-0.05, 0) is 48.2 Å². The third-order valence-electron chi connectivity index (χ3n) is 5.25. The molecule has 164 valence electrons. The SMILES string of the molecule is CNc1ccccc1C(=N)N1CCOc2nc(C(=O)NCc3ccc(SC)cc3)ccc21. The Morgan fingerprint density at radius 3 is 2.69 bits per heavy atom. The van der Waals surface area contributed by atoms with Crippen molar-refractivity contribution in [3.05, 3.63) is 77.5 Å². The van der Waals surface area contributed by atoms with Crippen LogP contribution in [0, 0.1) is 5.41 Å². The number of para-hydroxylation sites is 1. The first kappa shape index (κ1) is 21.7. The average molecular weight is 448 g/mol. The van der Waals surface area contributed by atoms with Gasteiger partial charge < -0.3 is 20.3 Å². The van der Waals surface area contributed by atoms with E-state index in [1.807, 2.05) is 66.7 Å². The van der Waals surface area contributed by atoms with Crippen LogP contribution in [0.1, 0.15) is 21.6 Å². The molecule has 3 aromatic rings. The molecule has 0 saturated carbocycles. The number of ether oxygens (including phenoxy) is 1. The lowest BCUT2D eigenvalue weighted by Gasteiger charge is -2.31. The topological polar surface area (TPSA) is 90.3 Å². The van der Waals surface area contributed by atoms with E-state index >= 15 is 0 Å². The summed E-state index contributed by atoms with van der Waals surface area (Å²) in [5.41, 5.74) is 3.65. The number of hydrogen-bond acceptors (Lipinski definition) is 6. The Kier molecular flexibility index (Phi) is 6.61. The van der Waals surface area contributed by atoms with Gasteiger partial charge in [0.1, 0.15) is 23.8 Å². The van der Waals surface area contributed by atoms with Gasteiger partial charge in [0.15, 0.2) is 0 Å². The number of benzene rings is 2. The van der Waals surface area contributed by atoms with Crippen LogP contribution in [0.3, 0.4) is 0 Å². The van der Waals surface area contributed by atoms with E-state index in [-0.39, 0.29) is 11.6 Å². The number of carbonyl (C=O) groups is 1. The van der Waals surface area contributed by atoms with Gasteiger partial charge in [-0.1, -0.05) is 24.3 Å². The maximum Gasteiger partial charge on any atom is 0.270 e. The summed E-state index contributed by atoms with van der Waals surface area (Å²) < 4.78 is 5.73. The highest BCUT2D eigenvalue weighted by Gasteiger charge is 2.25. The monoisotopic (exact) mass is 447 g/mol. The van der Waals surface area contributed by atoms with Crippen molar-refractivity contribution in [2.45, 2.75) is 11.4 Å². The molecule has 32 heavy (non-hydrogen) atoms. The summed E-state index contributed by atoms with van der Waals surface area (Å²) in [7, 11) is 1.84. The van der Waals surface area contributed by atoms with Crippen LogP contribution in [0.15, 0.2) is 65.6 Å². The predicted octanol–water partition coefficient (Wildman–Crippen LogP) is 4.00. The molecule has 0 radical (unpaired) electrons. The number of pyridine rings is 1. The van der Waals surface area contributed by atoms with Crippen LogP contribution in [0.4, 0.5) is 11.4 Å². The molecule has 0 aliphatic carbocycles. The molecular formula is C24H25N5O2S. The Bertz CT molecular complexity index is 1130. The highest BCUT2D eigenvalue weighted by atomic mass is 32.2. The molecule has 0 bridgehead atoms. The maximum atomic E-state index is 12.6. The van der Waals surface area contributed by atoms with E-state index in [9.17, 15) is 4.79 Å². The first-order chi connectivity index (χ1) is 15.6. The number of nitrogens with zero attached hydrogens (tertiary/aromatic N) is 2. The van der Waals surface area contributed by atoms with E-state index in [0.717, 1.165) is 16.8 Å². The molecule has 8 heteroatoms. The molecular weight excluding hydrogens is 422 g/mol. The van der Waals surface area contributed by atoms with E-state index < -0.39 is 0 Å². The maximum absolute atomic E-state index is 12.6. The molecule has 7 nitrogen and oxygen atoms in total. The summed E-state index contributed by atoms with van der Waals surface area (Å²) in [4.78, 5) is 20.1. The van der Waals surface area contributed by atoms with Crippen LogP contribution >= 0.6 is 11.8 Å². The molecule has 0 saturated heterocycles. The van der Waals surface area contributed by atoms with Gasteiger partial charge in [0.05, 0.1) is 6.54 Å². The second-order valence-corrected chi connectivity index (χ2v) is 8.08. The third-order valence-corrected chi connectivity index (χ3v) is 5.99. The minimum absolute atomic E-state index is 0.266. The fraction of sp³-hybridized carbons (Fsp3) is 0.208. The first-order valence-electron chi connectivity index (χ1n) is 10.3. The molecule has 1 aliphatic rings. The number of rotatable bonds is 6. The fourth-order valence-electron chi connectivity index (χ4n) is 3.53. The Morgan fingerprint density at radius 2 is 1.94 bits per heavy atom. The number of nitrogens with one attached hydrogen (secondary N) is 3. The smallest absolute Gasteiger partial charge is 0.270 e. The number of thioether (sulfide) groups is 1. The van der Waals surface area contributed by atoms with Gasteiger partial charge in [0.25, 0.3) is 5.91 Å². The van der Waals surface area contributed by atoms with Crippen LogP contribution in [-0.4, -0.2) is 43.2 Å². The molecule has 0 unspecified atom stereocenters. The second-order valence-electron chi connectivity index (χ2n) is 7.20. The summed E-state index contributed by atoms with van der Waals surface area (Å²) in [5, 5.41) is 14.8. The summed E-state index contributed by atoms with van der Waals surface area (Å²) in [6, 6.07) is 19.2. The van der Waals surface area contributed by atoms with Crippen molar-refractivity contribution in [2.24, 2.45) is 0 Å². The highest BCUT2D eigenvalue weighted by molar-refractivity contribution is 7.98. The number of anilines is 2.